The lowest BCUT2D eigenvalue weighted by Gasteiger charge is -2.19. The van der Waals surface area contributed by atoms with E-state index in [4.69, 9.17) is 0 Å². The summed E-state index contributed by atoms with van der Waals surface area (Å²) in [5.41, 5.74) is 10.2. The van der Waals surface area contributed by atoms with E-state index in [2.05, 4.69) is 152 Å². The van der Waals surface area contributed by atoms with Crippen LogP contribution in [0.5, 0.6) is 0 Å². The van der Waals surface area contributed by atoms with Crippen molar-refractivity contribution in [3.8, 4) is 44.5 Å². The van der Waals surface area contributed by atoms with E-state index in [1.54, 1.807) is 0 Å². The molecule has 0 nitrogen and oxygen atoms in total. The number of hydrogen-bond donors (Lipinski definition) is 0. The smallest absolute Gasteiger partial charge is 0.0412 e. The number of benzene rings is 8. The minimum Gasteiger partial charge on any atom is -0.0695 e. The van der Waals surface area contributed by atoms with Gasteiger partial charge in [0.2, 0.25) is 0 Å². The lowest BCUT2D eigenvalue weighted by atomic mass is 9.84. The van der Waals surface area contributed by atoms with Gasteiger partial charge in [0.15, 0.2) is 0 Å². The molecule has 0 amide bonds. The standard InChI is InChI=1S/C44H24/c1-2-11-30-29(10-1)26-41(33-13-4-3-12-32(30)33)44-37-16-7-5-14-35(37)42(36-15-6-8-17-38(36)44)28-22-20-27(21-23-28)31-24-25-40-39-19-9-18-34(31)43(39)40/h1-5,7-14,16-26H. The summed E-state index contributed by atoms with van der Waals surface area (Å²) in [7, 11) is 0. The maximum atomic E-state index is 3.56. The average molecular weight is 553 g/mol. The van der Waals surface area contributed by atoms with E-state index in [0.29, 0.717) is 0 Å². The van der Waals surface area contributed by atoms with Gasteiger partial charge < -0.3 is 0 Å². The van der Waals surface area contributed by atoms with Gasteiger partial charge in [0.25, 0.3) is 0 Å². The molecule has 1 aliphatic rings. The van der Waals surface area contributed by atoms with Crippen molar-refractivity contribution in [1.29, 1.82) is 0 Å². The number of hydrogen-bond acceptors (Lipinski definition) is 0. The zero-order valence-corrected chi connectivity index (χ0v) is 23.9. The fourth-order valence-electron chi connectivity index (χ4n) is 7.57. The van der Waals surface area contributed by atoms with Crippen LogP contribution in [0.1, 0.15) is 0 Å². The molecule has 9 aromatic rings. The van der Waals surface area contributed by atoms with Crippen LogP contribution in [0.3, 0.4) is 0 Å². The summed E-state index contributed by atoms with van der Waals surface area (Å²) in [6.45, 7) is 0. The normalized spacial score (nSPS) is 11.9. The first-order valence-corrected chi connectivity index (χ1v) is 15.2. The Balaban J connectivity index is 1.24. The Kier molecular flexibility index (Phi) is 4.73. The number of fused-ring (bicyclic) bond motifs is 6. The molecule has 44 heavy (non-hydrogen) atoms. The molecular weight excluding hydrogens is 528 g/mol. The maximum Gasteiger partial charge on any atom is 0.0412 e. The van der Waals surface area contributed by atoms with Gasteiger partial charge in [0, 0.05) is 10.9 Å². The van der Waals surface area contributed by atoms with Crippen molar-refractivity contribution >= 4 is 53.9 Å². The summed E-state index contributed by atoms with van der Waals surface area (Å²) in [4.78, 5) is 0. The topological polar surface area (TPSA) is 0 Å². The minimum atomic E-state index is 1.10. The molecule has 0 spiro atoms. The average Bonchev–Trinajstić information content (AvgIpc) is 3.82. The predicted molar refractivity (Wildman–Crippen MR) is 187 cm³/mol. The third-order valence-electron chi connectivity index (χ3n) is 9.58. The van der Waals surface area contributed by atoms with Gasteiger partial charge in [-0.05, 0) is 106 Å². The largest absolute Gasteiger partial charge is 0.0695 e. The molecule has 0 saturated heterocycles. The molecule has 0 bridgehead atoms. The number of rotatable bonds is 3. The van der Waals surface area contributed by atoms with Crippen LogP contribution in [0.15, 0.2) is 146 Å². The zero-order chi connectivity index (χ0) is 28.8. The lowest BCUT2D eigenvalue weighted by molar-refractivity contribution is 1.65. The molecule has 1 aliphatic carbocycles. The third kappa shape index (κ3) is 3.24. The van der Waals surface area contributed by atoms with Crippen LogP contribution in [-0.4, -0.2) is 0 Å². The molecule has 10 rings (SSSR count). The predicted octanol–water partition coefficient (Wildman–Crippen LogP) is 12.0. The van der Waals surface area contributed by atoms with Gasteiger partial charge in [0.1, 0.15) is 0 Å². The third-order valence-corrected chi connectivity index (χ3v) is 9.58. The Morgan fingerprint density at radius 3 is 1.84 bits per heavy atom. The van der Waals surface area contributed by atoms with Gasteiger partial charge in [-0.25, -0.2) is 0 Å². The molecule has 0 radical (unpaired) electrons. The highest BCUT2D eigenvalue weighted by Gasteiger charge is 2.23. The zero-order valence-electron chi connectivity index (χ0n) is 23.9. The molecule has 0 heterocycles. The van der Waals surface area contributed by atoms with Crippen LogP contribution in [0.2, 0.25) is 0 Å². The Morgan fingerprint density at radius 2 is 1.00 bits per heavy atom. The fraction of sp³-hybridized carbons (Fsp3) is 0. The van der Waals surface area contributed by atoms with Crippen molar-refractivity contribution in [2.45, 2.75) is 0 Å². The lowest BCUT2D eigenvalue weighted by Crippen LogP contribution is -1.92. The highest BCUT2D eigenvalue weighted by Crippen LogP contribution is 2.50. The Labute approximate surface area is 255 Å². The minimum absolute atomic E-state index is 1.10. The SMILES string of the molecule is c1ccc2c(-c3cc4ccccc4c4ccccc34)c3ccccc3c(-c3ccc(-c4ccc5c6c-5cccc46)cc3)c2c#1. The quantitative estimate of drug-likeness (QED) is 0.191. The second kappa shape index (κ2) is 8.81. The van der Waals surface area contributed by atoms with Crippen molar-refractivity contribution < 1.29 is 0 Å². The van der Waals surface area contributed by atoms with Gasteiger partial charge in [0.05, 0.1) is 0 Å². The van der Waals surface area contributed by atoms with Crippen molar-refractivity contribution in [3.63, 3.8) is 0 Å². The van der Waals surface area contributed by atoms with Crippen LogP contribution in [0, 0.1) is 12.1 Å². The Hall–Kier alpha value is -5.90. The highest BCUT2D eigenvalue weighted by molar-refractivity contribution is 6.26. The van der Waals surface area contributed by atoms with Crippen molar-refractivity contribution in [2.24, 2.45) is 0 Å². The van der Waals surface area contributed by atoms with Gasteiger partial charge in [-0.3, -0.25) is 0 Å². The summed E-state index contributed by atoms with van der Waals surface area (Å²) < 4.78 is 0. The van der Waals surface area contributed by atoms with E-state index in [1.807, 2.05) is 6.07 Å². The van der Waals surface area contributed by atoms with Crippen LogP contribution in [0.4, 0.5) is 0 Å². The van der Waals surface area contributed by atoms with Gasteiger partial charge in [-0.15, -0.1) is 0 Å². The molecule has 0 fully saturated rings. The van der Waals surface area contributed by atoms with Crippen LogP contribution >= 0.6 is 0 Å². The van der Waals surface area contributed by atoms with E-state index < -0.39 is 0 Å². The summed E-state index contributed by atoms with van der Waals surface area (Å²) in [5.74, 6) is 0. The van der Waals surface area contributed by atoms with Crippen molar-refractivity contribution in [2.75, 3.05) is 0 Å². The van der Waals surface area contributed by atoms with Crippen LogP contribution in [0.25, 0.3) is 98.4 Å². The Morgan fingerprint density at radius 1 is 0.364 bits per heavy atom. The molecule has 9 aromatic carbocycles. The summed E-state index contributed by atoms with van der Waals surface area (Å²) >= 11 is 0. The molecule has 0 atom stereocenters. The van der Waals surface area contributed by atoms with E-state index in [-0.39, 0.29) is 0 Å². The molecule has 0 heteroatoms. The van der Waals surface area contributed by atoms with Crippen LogP contribution < -0.4 is 0 Å². The molecule has 0 saturated carbocycles. The van der Waals surface area contributed by atoms with Crippen LogP contribution in [-0.2, 0) is 0 Å². The molecular formula is C44H24. The Bertz CT molecular complexity index is 2570. The summed E-state index contributed by atoms with van der Waals surface area (Å²) in [5, 5.41) is 12.6. The maximum absolute atomic E-state index is 3.56. The molecule has 0 aliphatic heterocycles. The first-order valence-electron chi connectivity index (χ1n) is 15.2. The van der Waals surface area contributed by atoms with E-state index in [1.165, 1.54) is 93.0 Å². The summed E-state index contributed by atoms with van der Waals surface area (Å²) in [6, 6.07) is 60.1. The van der Waals surface area contributed by atoms with Crippen molar-refractivity contribution in [1.82, 2.24) is 0 Å². The monoisotopic (exact) mass is 552 g/mol. The molecule has 200 valence electrons. The first kappa shape index (κ1) is 23.6. The van der Waals surface area contributed by atoms with E-state index in [9.17, 15) is 0 Å². The molecule has 0 aromatic heterocycles. The highest BCUT2D eigenvalue weighted by atomic mass is 14.3. The van der Waals surface area contributed by atoms with Crippen molar-refractivity contribution in [3.05, 3.63) is 158 Å². The second-order valence-corrected chi connectivity index (χ2v) is 11.8. The summed E-state index contributed by atoms with van der Waals surface area (Å²) in [6.07, 6.45) is 0. The van der Waals surface area contributed by atoms with Gasteiger partial charge in [-0.2, -0.15) is 0 Å². The molecule has 0 unspecified atom stereocenters. The second-order valence-electron chi connectivity index (χ2n) is 11.8. The fourth-order valence-corrected chi connectivity index (χ4v) is 7.57. The molecule has 0 N–H and O–H groups in total. The van der Waals surface area contributed by atoms with E-state index >= 15 is 0 Å². The van der Waals surface area contributed by atoms with Gasteiger partial charge >= 0.3 is 0 Å². The first-order chi connectivity index (χ1) is 21.8. The van der Waals surface area contributed by atoms with E-state index in [0.717, 1.165) is 5.39 Å². The van der Waals surface area contributed by atoms with Gasteiger partial charge in [-0.1, -0.05) is 140 Å².